The molecule has 0 bridgehead atoms. The average molecular weight is 333 g/mol. The van der Waals surface area contributed by atoms with Crippen molar-refractivity contribution in [2.45, 2.75) is 6.92 Å². The molecule has 4 nitrogen and oxygen atoms in total. The minimum absolute atomic E-state index is 0.277. The van der Waals surface area contributed by atoms with Crippen molar-refractivity contribution in [2.24, 2.45) is 0 Å². The smallest absolute Gasteiger partial charge is 0.323 e. The van der Waals surface area contributed by atoms with Crippen LogP contribution < -0.4 is 0 Å². The summed E-state index contributed by atoms with van der Waals surface area (Å²) in [5.41, 5.74) is 1.61. The quantitative estimate of drug-likeness (QED) is 0.858. The van der Waals surface area contributed by atoms with Crippen LogP contribution in [0.5, 0.6) is 0 Å². The van der Waals surface area contributed by atoms with Gasteiger partial charge in [-0.1, -0.05) is 6.07 Å². The van der Waals surface area contributed by atoms with E-state index in [-0.39, 0.29) is 12.5 Å². The fourth-order valence-electron chi connectivity index (χ4n) is 1.22. The lowest BCUT2D eigenvalue weighted by Crippen LogP contribution is -2.31. The summed E-state index contributed by atoms with van der Waals surface area (Å²) in [7, 11) is 1.48. The van der Waals surface area contributed by atoms with Crippen LogP contribution in [0.2, 0.25) is 0 Å². The molecule has 0 fully saturated rings. The van der Waals surface area contributed by atoms with Crippen molar-refractivity contribution >= 4 is 34.5 Å². The monoisotopic (exact) mass is 333 g/mol. The van der Waals surface area contributed by atoms with Crippen molar-refractivity contribution in [2.75, 3.05) is 13.6 Å². The van der Waals surface area contributed by atoms with Gasteiger partial charge >= 0.3 is 5.97 Å². The molecule has 0 spiro atoms. The highest BCUT2D eigenvalue weighted by Crippen LogP contribution is 2.14. The Morgan fingerprint density at radius 1 is 1.44 bits per heavy atom. The molecule has 0 radical (unpaired) electrons. The third kappa shape index (κ3) is 3.19. The number of aliphatic carboxylic acids is 1. The van der Waals surface area contributed by atoms with Gasteiger partial charge in [-0.3, -0.25) is 9.59 Å². The molecule has 0 aliphatic carbocycles. The fourth-order valence-corrected chi connectivity index (χ4v) is 1.74. The average Bonchev–Trinajstić information content (AvgIpc) is 2.20. The van der Waals surface area contributed by atoms with E-state index in [1.807, 2.05) is 13.0 Å². The molecular formula is C11H12INO3. The number of hydrogen-bond donors (Lipinski definition) is 1. The molecule has 0 aliphatic rings. The zero-order chi connectivity index (χ0) is 12.3. The van der Waals surface area contributed by atoms with Crippen LogP contribution >= 0.6 is 22.6 Å². The largest absolute Gasteiger partial charge is 0.480 e. The number of carboxylic acid groups (broad SMARTS) is 1. The number of nitrogens with zero attached hydrogens (tertiary/aromatic N) is 1. The molecule has 0 unspecified atom stereocenters. The third-order valence-corrected chi connectivity index (χ3v) is 3.30. The summed E-state index contributed by atoms with van der Waals surface area (Å²) in [5, 5.41) is 8.58. The third-order valence-electron chi connectivity index (χ3n) is 2.14. The van der Waals surface area contributed by atoms with Crippen LogP contribution in [0.4, 0.5) is 0 Å². The predicted octanol–water partition coefficient (Wildman–Crippen LogP) is 1.76. The molecule has 0 atom stereocenters. The molecule has 86 valence electrons. The number of rotatable bonds is 3. The van der Waals surface area contributed by atoms with Crippen LogP contribution in [0.25, 0.3) is 0 Å². The summed E-state index contributed by atoms with van der Waals surface area (Å²) in [5.74, 6) is -1.29. The zero-order valence-electron chi connectivity index (χ0n) is 9.03. The van der Waals surface area contributed by atoms with Gasteiger partial charge < -0.3 is 10.0 Å². The highest BCUT2D eigenvalue weighted by Gasteiger charge is 2.14. The lowest BCUT2D eigenvalue weighted by Gasteiger charge is -2.14. The molecule has 1 N–H and O–H groups in total. The highest BCUT2D eigenvalue weighted by atomic mass is 127. The number of carbonyl (C=O) groups is 2. The van der Waals surface area contributed by atoms with Crippen LogP contribution in [0.15, 0.2) is 18.2 Å². The molecular weight excluding hydrogens is 321 g/mol. The van der Waals surface area contributed by atoms with Crippen molar-refractivity contribution in [3.05, 3.63) is 32.9 Å². The summed E-state index contributed by atoms with van der Waals surface area (Å²) in [6.45, 7) is 1.67. The van der Waals surface area contributed by atoms with E-state index in [1.54, 1.807) is 12.1 Å². The number of halogens is 1. The Hall–Kier alpha value is -1.11. The Bertz CT molecular complexity index is 431. The number of likely N-dealkylation sites (N-methyl/N-ethyl adjacent to an activating group) is 1. The first-order chi connectivity index (χ1) is 7.41. The van der Waals surface area contributed by atoms with E-state index >= 15 is 0 Å². The molecule has 1 aromatic carbocycles. The highest BCUT2D eigenvalue weighted by molar-refractivity contribution is 14.1. The van der Waals surface area contributed by atoms with E-state index < -0.39 is 5.97 Å². The number of benzene rings is 1. The van der Waals surface area contributed by atoms with Crippen LogP contribution in [-0.4, -0.2) is 35.5 Å². The van der Waals surface area contributed by atoms with Gasteiger partial charge in [-0.25, -0.2) is 0 Å². The molecule has 0 aliphatic heterocycles. The second-order valence-electron chi connectivity index (χ2n) is 3.52. The van der Waals surface area contributed by atoms with E-state index in [4.69, 9.17) is 5.11 Å². The molecule has 0 saturated carbocycles. The second kappa shape index (κ2) is 5.29. The Morgan fingerprint density at radius 3 is 2.56 bits per heavy atom. The van der Waals surface area contributed by atoms with Gasteiger partial charge in [0.2, 0.25) is 0 Å². The SMILES string of the molecule is Cc1ccc(C(=O)N(C)CC(=O)O)cc1I. The van der Waals surface area contributed by atoms with Crippen LogP contribution in [0.1, 0.15) is 15.9 Å². The van der Waals surface area contributed by atoms with Gasteiger partial charge in [-0.05, 0) is 47.2 Å². The summed E-state index contributed by atoms with van der Waals surface area (Å²) >= 11 is 2.15. The van der Waals surface area contributed by atoms with Gasteiger partial charge in [0, 0.05) is 16.2 Å². The minimum Gasteiger partial charge on any atom is -0.480 e. The number of carbonyl (C=O) groups excluding carboxylic acids is 1. The van der Waals surface area contributed by atoms with Crippen LogP contribution in [0.3, 0.4) is 0 Å². The molecule has 1 aromatic rings. The summed E-state index contributed by atoms with van der Waals surface area (Å²) < 4.78 is 0.993. The van der Waals surface area contributed by atoms with Gasteiger partial charge in [0.05, 0.1) is 0 Å². The number of aryl methyl sites for hydroxylation is 1. The Labute approximate surface area is 107 Å². The minimum atomic E-state index is -1.02. The van der Waals surface area contributed by atoms with Crippen molar-refractivity contribution in [1.29, 1.82) is 0 Å². The lowest BCUT2D eigenvalue weighted by molar-refractivity contribution is -0.137. The van der Waals surface area contributed by atoms with E-state index in [0.717, 1.165) is 9.13 Å². The predicted molar refractivity (Wildman–Crippen MR) is 68.5 cm³/mol. The summed E-state index contributed by atoms with van der Waals surface area (Å²) in [6, 6.07) is 5.32. The van der Waals surface area contributed by atoms with Gasteiger partial charge in [-0.15, -0.1) is 0 Å². The van der Waals surface area contributed by atoms with Crippen molar-refractivity contribution in [3.8, 4) is 0 Å². The maximum absolute atomic E-state index is 11.8. The van der Waals surface area contributed by atoms with Crippen molar-refractivity contribution in [3.63, 3.8) is 0 Å². The number of carboxylic acids is 1. The standard InChI is InChI=1S/C11H12INO3/c1-7-3-4-8(5-9(7)12)11(16)13(2)6-10(14)15/h3-5H,6H2,1-2H3,(H,14,15). The Balaban J connectivity index is 2.88. The summed E-state index contributed by atoms with van der Waals surface area (Å²) in [6.07, 6.45) is 0. The first-order valence-corrected chi connectivity index (χ1v) is 5.73. The Morgan fingerprint density at radius 2 is 2.06 bits per heavy atom. The molecule has 1 rings (SSSR count). The van der Waals surface area contributed by atoms with E-state index in [0.29, 0.717) is 5.56 Å². The Kier molecular flexibility index (Phi) is 4.28. The number of amides is 1. The van der Waals surface area contributed by atoms with E-state index in [9.17, 15) is 9.59 Å². The van der Waals surface area contributed by atoms with Gasteiger partial charge in [-0.2, -0.15) is 0 Å². The topological polar surface area (TPSA) is 57.6 Å². The molecule has 0 heterocycles. The van der Waals surface area contributed by atoms with Crippen LogP contribution in [-0.2, 0) is 4.79 Å². The lowest BCUT2D eigenvalue weighted by atomic mass is 10.1. The first-order valence-electron chi connectivity index (χ1n) is 4.65. The van der Waals surface area contributed by atoms with Crippen molar-refractivity contribution < 1.29 is 14.7 Å². The molecule has 0 aromatic heterocycles. The van der Waals surface area contributed by atoms with Gasteiger partial charge in [0.25, 0.3) is 5.91 Å². The van der Waals surface area contributed by atoms with Crippen molar-refractivity contribution in [1.82, 2.24) is 4.90 Å². The number of hydrogen-bond acceptors (Lipinski definition) is 2. The van der Waals surface area contributed by atoms with Gasteiger partial charge in [0.1, 0.15) is 6.54 Å². The second-order valence-corrected chi connectivity index (χ2v) is 4.68. The molecule has 16 heavy (non-hydrogen) atoms. The van der Waals surface area contributed by atoms with Crippen LogP contribution in [0, 0.1) is 10.5 Å². The molecule has 1 amide bonds. The van der Waals surface area contributed by atoms with E-state index in [1.165, 1.54) is 11.9 Å². The molecule has 5 heteroatoms. The fraction of sp³-hybridized carbons (Fsp3) is 0.273. The van der Waals surface area contributed by atoms with Gasteiger partial charge in [0.15, 0.2) is 0 Å². The maximum Gasteiger partial charge on any atom is 0.323 e. The zero-order valence-corrected chi connectivity index (χ0v) is 11.2. The molecule has 0 saturated heterocycles. The van der Waals surface area contributed by atoms with E-state index in [2.05, 4.69) is 22.6 Å². The normalized spacial score (nSPS) is 9.94. The maximum atomic E-state index is 11.8. The summed E-state index contributed by atoms with van der Waals surface area (Å²) in [4.78, 5) is 23.5. The first kappa shape index (κ1) is 13.0.